The highest BCUT2D eigenvalue weighted by Gasteiger charge is 2.27. The first-order valence-corrected chi connectivity index (χ1v) is 5.27. The molecule has 0 aliphatic carbocycles. The summed E-state index contributed by atoms with van der Waals surface area (Å²) >= 11 is 0.942. The van der Waals surface area contributed by atoms with Crippen LogP contribution < -0.4 is 11.1 Å². The Balaban J connectivity index is 2.16. The second-order valence-corrected chi connectivity index (χ2v) is 4.09. The maximum absolute atomic E-state index is 11.7. The molecule has 0 saturated carbocycles. The number of nitrogens with zero attached hydrogens (tertiary/aromatic N) is 2. The molecule has 0 saturated heterocycles. The van der Waals surface area contributed by atoms with Gasteiger partial charge in [0.2, 0.25) is 11.1 Å². The van der Waals surface area contributed by atoms with E-state index >= 15 is 0 Å². The number of hydrogen-bond donors (Lipinski definition) is 2. The molecule has 0 bridgehead atoms. The highest BCUT2D eigenvalue weighted by atomic mass is 32.2. The lowest BCUT2D eigenvalue weighted by atomic mass is 10.7. The Labute approximate surface area is 86.3 Å². The van der Waals surface area contributed by atoms with E-state index in [4.69, 9.17) is 5.73 Å². The normalized spacial score (nSPS) is 11.6. The number of nitrogens with two attached hydrogens (primary N) is 1. The van der Waals surface area contributed by atoms with Crippen molar-refractivity contribution in [1.29, 1.82) is 0 Å². The Hall–Kier alpha value is -0.700. The van der Waals surface area contributed by atoms with Crippen molar-refractivity contribution in [3.05, 3.63) is 0 Å². The molecule has 4 nitrogen and oxygen atoms in total. The van der Waals surface area contributed by atoms with E-state index in [0.29, 0.717) is 5.13 Å². The standard InChI is InChI=1S/C5H7F3N4S2/c6-5(7,8)13-2-1-10-4-11-3(9)12-14-4/h1-2H2,(H3,9,10,11,12). The predicted molar refractivity (Wildman–Crippen MR) is 51.3 cm³/mol. The van der Waals surface area contributed by atoms with Crippen molar-refractivity contribution in [3.8, 4) is 0 Å². The largest absolute Gasteiger partial charge is 0.441 e. The van der Waals surface area contributed by atoms with E-state index in [1.54, 1.807) is 0 Å². The average Bonchev–Trinajstić information content (AvgIpc) is 2.44. The summed E-state index contributed by atoms with van der Waals surface area (Å²) in [7, 11) is 0. The lowest BCUT2D eigenvalue weighted by molar-refractivity contribution is -0.0327. The van der Waals surface area contributed by atoms with Crippen LogP contribution in [0, 0.1) is 0 Å². The zero-order valence-electron chi connectivity index (χ0n) is 6.84. The molecule has 0 aromatic carbocycles. The lowest BCUT2D eigenvalue weighted by Crippen LogP contribution is -2.09. The summed E-state index contributed by atoms with van der Waals surface area (Å²) in [5.74, 6) is 0.0594. The van der Waals surface area contributed by atoms with Crippen LogP contribution in [0.3, 0.4) is 0 Å². The Kier molecular flexibility index (Phi) is 3.81. The fourth-order valence-corrected chi connectivity index (χ4v) is 1.59. The zero-order valence-corrected chi connectivity index (χ0v) is 8.47. The molecule has 0 aliphatic heterocycles. The Morgan fingerprint density at radius 1 is 1.50 bits per heavy atom. The Bertz CT molecular complexity index is 287. The monoisotopic (exact) mass is 244 g/mol. The summed E-state index contributed by atoms with van der Waals surface area (Å²) < 4.78 is 38.7. The molecular formula is C5H7F3N4S2. The van der Waals surface area contributed by atoms with E-state index in [0.717, 1.165) is 11.5 Å². The molecule has 1 aromatic heterocycles. The summed E-state index contributed by atoms with van der Waals surface area (Å²) in [4.78, 5) is 3.73. The van der Waals surface area contributed by atoms with Gasteiger partial charge in [-0.1, -0.05) is 0 Å². The molecule has 14 heavy (non-hydrogen) atoms. The van der Waals surface area contributed by atoms with Gasteiger partial charge in [0.25, 0.3) is 0 Å². The van der Waals surface area contributed by atoms with Crippen molar-refractivity contribution >= 4 is 34.4 Å². The third-order valence-corrected chi connectivity index (χ3v) is 2.51. The topological polar surface area (TPSA) is 63.8 Å². The third-order valence-electron chi connectivity index (χ3n) is 1.09. The molecule has 0 spiro atoms. The van der Waals surface area contributed by atoms with E-state index in [2.05, 4.69) is 14.7 Å². The lowest BCUT2D eigenvalue weighted by Gasteiger charge is -2.04. The van der Waals surface area contributed by atoms with Crippen molar-refractivity contribution in [2.45, 2.75) is 5.51 Å². The second-order valence-electron chi connectivity index (χ2n) is 2.18. The second kappa shape index (κ2) is 4.69. The maximum atomic E-state index is 11.7. The van der Waals surface area contributed by atoms with Gasteiger partial charge in [-0.05, 0) is 11.8 Å². The molecule has 80 valence electrons. The van der Waals surface area contributed by atoms with Gasteiger partial charge in [-0.25, -0.2) is 0 Å². The number of alkyl halides is 3. The average molecular weight is 244 g/mol. The quantitative estimate of drug-likeness (QED) is 0.790. The summed E-state index contributed by atoms with van der Waals surface area (Å²) in [6, 6.07) is 0. The summed E-state index contributed by atoms with van der Waals surface area (Å²) in [6.07, 6.45) is 0. The van der Waals surface area contributed by atoms with Gasteiger partial charge >= 0.3 is 5.51 Å². The van der Waals surface area contributed by atoms with Crippen LogP contribution in [0.5, 0.6) is 0 Å². The Morgan fingerprint density at radius 3 is 2.71 bits per heavy atom. The number of nitrogens with one attached hydrogen (secondary N) is 1. The molecule has 0 aliphatic rings. The summed E-state index contributed by atoms with van der Waals surface area (Å²) in [6.45, 7) is 0.179. The number of hydrogen-bond acceptors (Lipinski definition) is 6. The van der Waals surface area contributed by atoms with E-state index in [-0.39, 0.29) is 30.0 Å². The van der Waals surface area contributed by atoms with E-state index < -0.39 is 5.51 Å². The van der Waals surface area contributed by atoms with Crippen LogP contribution in [-0.4, -0.2) is 27.2 Å². The fraction of sp³-hybridized carbons (Fsp3) is 0.600. The predicted octanol–water partition coefficient (Wildman–Crippen LogP) is 1.79. The molecule has 1 aromatic rings. The van der Waals surface area contributed by atoms with E-state index in [1.807, 2.05) is 0 Å². The molecule has 0 amide bonds. The molecule has 3 N–H and O–H groups in total. The van der Waals surface area contributed by atoms with Gasteiger partial charge in [0.05, 0.1) is 0 Å². The van der Waals surface area contributed by atoms with E-state index in [9.17, 15) is 13.2 Å². The van der Waals surface area contributed by atoms with Crippen LogP contribution in [0.4, 0.5) is 24.3 Å². The minimum atomic E-state index is -4.18. The van der Waals surface area contributed by atoms with Crippen LogP contribution in [0.25, 0.3) is 0 Å². The van der Waals surface area contributed by atoms with E-state index in [1.165, 1.54) is 0 Å². The van der Waals surface area contributed by atoms with Gasteiger partial charge in [0.15, 0.2) is 0 Å². The van der Waals surface area contributed by atoms with Crippen molar-refractivity contribution in [1.82, 2.24) is 9.36 Å². The number of anilines is 2. The minimum absolute atomic E-state index is 0.0665. The van der Waals surface area contributed by atoms with Gasteiger partial charge in [-0.2, -0.15) is 22.5 Å². The summed E-state index contributed by atoms with van der Waals surface area (Å²) in [5, 5.41) is 3.12. The zero-order chi connectivity index (χ0) is 10.6. The number of halogens is 3. The van der Waals surface area contributed by atoms with Gasteiger partial charge in [0, 0.05) is 23.8 Å². The molecule has 1 heterocycles. The van der Waals surface area contributed by atoms with Crippen LogP contribution in [0.2, 0.25) is 0 Å². The number of thioether (sulfide) groups is 1. The fourth-order valence-electron chi connectivity index (χ4n) is 0.631. The first-order chi connectivity index (χ1) is 6.47. The number of nitrogen functional groups attached to an aromatic ring is 1. The van der Waals surface area contributed by atoms with Crippen molar-refractivity contribution in [2.24, 2.45) is 0 Å². The first kappa shape index (κ1) is 11.4. The van der Waals surface area contributed by atoms with Gasteiger partial charge < -0.3 is 11.1 Å². The number of rotatable bonds is 4. The number of aromatic nitrogens is 2. The van der Waals surface area contributed by atoms with Gasteiger partial charge in [0.1, 0.15) is 0 Å². The molecule has 0 atom stereocenters. The molecule has 0 unspecified atom stereocenters. The van der Waals surface area contributed by atoms with Crippen LogP contribution in [-0.2, 0) is 0 Å². The van der Waals surface area contributed by atoms with Crippen LogP contribution in [0.15, 0.2) is 0 Å². The smallest absolute Gasteiger partial charge is 0.367 e. The highest BCUT2D eigenvalue weighted by Crippen LogP contribution is 2.29. The third kappa shape index (κ3) is 4.51. The maximum Gasteiger partial charge on any atom is 0.441 e. The van der Waals surface area contributed by atoms with Crippen molar-refractivity contribution < 1.29 is 13.2 Å². The van der Waals surface area contributed by atoms with Crippen LogP contribution >= 0.6 is 23.3 Å². The van der Waals surface area contributed by atoms with Gasteiger partial charge in [-0.3, -0.25) is 0 Å². The Morgan fingerprint density at radius 2 is 2.21 bits per heavy atom. The van der Waals surface area contributed by atoms with Crippen LogP contribution in [0.1, 0.15) is 0 Å². The van der Waals surface area contributed by atoms with Crippen molar-refractivity contribution in [3.63, 3.8) is 0 Å². The molecule has 0 fully saturated rings. The molecule has 1 rings (SSSR count). The summed E-state index contributed by atoms with van der Waals surface area (Å²) in [5.41, 5.74) is 1.04. The minimum Gasteiger partial charge on any atom is -0.367 e. The van der Waals surface area contributed by atoms with Gasteiger partial charge in [-0.15, -0.1) is 0 Å². The SMILES string of the molecule is Nc1nsc(NCCSC(F)(F)F)n1. The molecule has 0 radical (unpaired) electrons. The molecular weight excluding hydrogens is 237 g/mol. The van der Waals surface area contributed by atoms with Crippen molar-refractivity contribution in [2.75, 3.05) is 23.3 Å². The molecule has 9 heteroatoms. The first-order valence-electron chi connectivity index (χ1n) is 3.51. The highest BCUT2D eigenvalue weighted by molar-refractivity contribution is 8.00.